The van der Waals surface area contributed by atoms with Crippen molar-refractivity contribution < 1.29 is 19.4 Å². The van der Waals surface area contributed by atoms with E-state index in [4.69, 9.17) is 21.4 Å². The molecule has 0 heterocycles. The fourth-order valence-electron chi connectivity index (χ4n) is 3.20. The van der Waals surface area contributed by atoms with Crippen molar-refractivity contribution in [3.8, 4) is 16.9 Å². The number of halogens is 1. The number of carboxylic acids is 1. The van der Waals surface area contributed by atoms with Gasteiger partial charge in [-0.3, -0.25) is 9.59 Å². The maximum atomic E-state index is 12.6. The second kappa shape index (κ2) is 10.1. The molecule has 0 bridgehead atoms. The topological polar surface area (TPSA) is 75.6 Å². The Labute approximate surface area is 186 Å². The van der Waals surface area contributed by atoms with Crippen LogP contribution in [0.15, 0.2) is 66.7 Å². The molecule has 0 radical (unpaired) electrons. The number of ether oxygens (including phenoxy) is 1. The fraction of sp³-hybridized carbons (Fsp3) is 0.200. The van der Waals surface area contributed by atoms with Gasteiger partial charge in [-0.25, -0.2) is 0 Å². The van der Waals surface area contributed by atoms with Crippen molar-refractivity contribution in [2.24, 2.45) is 0 Å². The normalized spacial score (nSPS) is 10.7. The van der Waals surface area contributed by atoms with Gasteiger partial charge in [0.2, 0.25) is 0 Å². The Morgan fingerprint density at radius 1 is 0.968 bits per heavy atom. The Balaban J connectivity index is 1.69. The molecule has 0 fully saturated rings. The highest BCUT2D eigenvalue weighted by Gasteiger charge is 2.12. The van der Waals surface area contributed by atoms with Gasteiger partial charge in [0, 0.05) is 6.54 Å². The smallest absolute Gasteiger partial charge is 0.307 e. The maximum Gasteiger partial charge on any atom is 0.307 e. The molecule has 0 aliphatic heterocycles. The molecule has 0 atom stereocenters. The van der Waals surface area contributed by atoms with E-state index in [1.165, 1.54) is 0 Å². The molecule has 5 nitrogen and oxygen atoms in total. The van der Waals surface area contributed by atoms with Gasteiger partial charge in [-0.1, -0.05) is 54.1 Å². The molecule has 0 aliphatic carbocycles. The monoisotopic (exact) mass is 437 g/mol. The van der Waals surface area contributed by atoms with Gasteiger partial charge < -0.3 is 15.2 Å². The molecule has 3 aromatic carbocycles. The van der Waals surface area contributed by atoms with E-state index in [-0.39, 0.29) is 18.4 Å². The number of carboxylic acid groups (broad SMARTS) is 1. The van der Waals surface area contributed by atoms with Gasteiger partial charge in [-0.05, 0) is 60.4 Å². The summed E-state index contributed by atoms with van der Waals surface area (Å²) in [7, 11) is 0. The molecular weight excluding hydrogens is 414 g/mol. The quantitative estimate of drug-likeness (QED) is 0.498. The third-order valence-corrected chi connectivity index (χ3v) is 4.87. The minimum absolute atomic E-state index is 0.0211. The van der Waals surface area contributed by atoms with E-state index in [0.717, 1.165) is 22.3 Å². The van der Waals surface area contributed by atoms with E-state index < -0.39 is 5.97 Å². The Hall–Kier alpha value is -3.31. The third-order valence-electron chi connectivity index (χ3n) is 4.55. The molecule has 0 aliphatic rings. The van der Waals surface area contributed by atoms with Gasteiger partial charge in [0.1, 0.15) is 5.75 Å². The molecule has 2 N–H and O–H groups in total. The van der Waals surface area contributed by atoms with Crippen LogP contribution < -0.4 is 10.1 Å². The number of hydrogen-bond acceptors (Lipinski definition) is 3. The van der Waals surface area contributed by atoms with Crippen molar-refractivity contribution in [1.82, 2.24) is 5.32 Å². The van der Waals surface area contributed by atoms with Crippen LogP contribution in [0.2, 0.25) is 5.02 Å². The second-order valence-corrected chi connectivity index (χ2v) is 7.87. The third kappa shape index (κ3) is 6.33. The van der Waals surface area contributed by atoms with Crippen LogP contribution in [0, 0.1) is 0 Å². The van der Waals surface area contributed by atoms with Gasteiger partial charge in [0.15, 0.2) is 0 Å². The van der Waals surface area contributed by atoms with Gasteiger partial charge in [0.05, 0.1) is 23.1 Å². The summed E-state index contributed by atoms with van der Waals surface area (Å²) in [5.41, 5.74) is 3.92. The number of benzene rings is 3. The number of carbonyl (C=O) groups is 2. The first-order chi connectivity index (χ1) is 14.8. The molecule has 3 aromatic rings. The van der Waals surface area contributed by atoms with Crippen LogP contribution in [0.25, 0.3) is 11.1 Å². The van der Waals surface area contributed by atoms with Crippen molar-refractivity contribution in [2.75, 3.05) is 0 Å². The summed E-state index contributed by atoms with van der Waals surface area (Å²) in [6.07, 6.45) is -0.00133. The molecule has 0 saturated carbocycles. The second-order valence-electron chi connectivity index (χ2n) is 7.46. The molecule has 0 saturated heterocycles. The van der Waals surface area contributed by atoms with Crippen LogP contribution in [0.3, 0.4) is 0 Å². The van der Waals surface area contributed by atoms with Gasteiger partial charge in [-0.15, -0.1) is 0 Å². The summed E-state index contributed by atoms with van der Waals surface area (Å²) in [5.74, 6) is -0.514. The van der Waals surface area contributed by atoms with E-state index in [1.807, 2.05) is 56.3 Å². The summed E-state index contributed by atoms with van der Waals surface area (Å²) < 4.78 is 5.60. The number of aliphatic carboxylic acids is 1. The summed E-state index contributed by atoms with van der Waals surface area (Å²) in [6.45, 7) is 4.18. The summed E-state index contributed by atoms with van der Waals surface area (Å²) in [6, 6.07) is 20.2. The highest BCUT2D eigenvalue weighted by Crippen LogP contribution is 2.24. The van der Waals surface area contributed by atoms with E-state index in [2.05, 4.69) is 5.32 Å². The summed E-state index contributed by atoms with van der Waals surface area (Å²) >= 11 is 6.26. The lowest BCUT2D eigenvalue weighted by Gasteiger charge is -2.12. The molecule has 0 spiro atoms. The number of rotatable bonds is 8. The van der Waals surface area contributed by atoms with Crippen LogP contribution in [0.5, 0.6) is 5.75 Å². The van der Waals surface area contributed by atoms with Gasteiger partial charge in [0.25, 0.3) is 5.91 Å². The van der Waals surface area contributed by atoms with Gasteiger partial charge in [-0.2, -0.15) is 0 Å². The zero-order valence-corrected chi connectivity index (χ0v) is 18.1. The first kappa shape index (κ1) is 22.4. The lowest BCUT2D eigenvalue weighted by atomic mass is 10.00. The van der Waals surface area contributed by atoms with Crippen LogP contribution in [-0.2, 0) is 17.8 Å². The standard InChI is InChI=1S/C25H24ClNO4/c1-16(2)31-21-9-10-22(23(26)14-21)25(30)27-15-18-6-4-8-20(12-18)19-7-3-5-17(11-19)13-24(28)29/h3-12,14,16H,13,15H2,1-2H3,(H,27,30)(H,28,29). The van der Waals surface area contributed by atoms with Gasteiger partial charge >= 0.3 is 5.97 Å². The zero-order chi connectivity index (χ0) is 22.4. The molecule has 160 valence electrons. The van der Waals surface area contributed by atoms with E-state index >= 15 is 0 Å². The van der Waals surface area contributed by atoms with E-state index in [9.17, 15) is 9.59 Å². The highest BCUT2D eigenvalue weighted by atomic mass is 35.5. The van der Waals surface area contributed by atoms with Crippen molar-refractivity contribution in [2.45, 2.75) is 32.9 Å². The Bertz CT molecular complexity index is 1090. The molecule has 1 amide bonds. The maximum absolute atomic E-state index is 12.6. The fourth-order valence-corrected chi connectivity index (χ4v) is 3.46. The summed E-state index contributed by atoms with van der Waals surface area (Å²) in [5, 5.41) is 12.2. The number of nitrogens with one attached hydrogen (secondary N) is 1. The SMILES string of the molecule is CC(C)Oc1ccc(C(=O)NCc2cccc(-c3cccc(CC(=O)O)c3)c2)c(Cl)c1. The summed E-state index contributed by atoms with van der Waals surface area (Å²) in [4.78, 5) is 23.6. The Kier molecular flexibility index (Phi) is 7.32. The molecule has 0 unspecified atom stereocenters. The van der Waals surface area contributed by atoms with Crippen molar-refractivity contribution >= 4 is 23.5 Å². The number of carbonyl (C=O) groups excluding carboxylic acids is 1. The van der Waals surface area contributed by atoms with Crippen LogP contribution in [0.4, 0.5) is 0 Å². The minimum atomic E-state index is -0.865. The van der Waals surface area contributed by atoms with Crippen molar-refractivity contribution in [3.05, 3.63) is 88.4 Å². The molecule has 3 rings (SSSR count). The first-order valence-electron chi connectivity index (χ1n) is 9.96. The Morgan fingerprint density at radius 3 is 2.23 bits per heavy atom. The average Bonchev–Trinajstić information content (AvgIpc) is 2.71. The predicted octanol–water partition coefficient (Wildman–Crippen LogP) is 5.35. The molecule has 0 aromatic heterocycles. The predicted molar refractivity (Wildman–Crippen MR) is 122 cm³/mol. The number of hydrogen-bond donors (Lipinski definition) is 2. The van der Waals surface area contributed by atoms with Crippen molar-refractivity contribution in [1.29, 1.82) is 0 Å². The Morgan fingerprint density at radius 2 is 1.61 bits per heavy atom. The van der Waals surface area contributed by atoms with Crippen molar-refractivity contribution in [3.63, 3.8) is 0 Å². The van der Waals surface area contributed by atoms with Crippen LogP contribution in [-0.4, -0.2) is 23.1 Å². The lowest BCUT2D eigenvalue weighted by molar-refractivity contribution is -0.136. The molecule has 31 heavy (non-hydrogen) atoms. The largest absolute Gasteiger partial charge is 0.491 e. The molecular formula is C25H24ClNO4. The molecule has 6 heteroatoms. The van der Waals surface area contributed by atoms with Crippen LogP contribution in [0.1, 0.15) is 35.3 Å². The first-order valence-corrected chi connectivity index (χ1v) is 10.3. The highest BCUT2D eigenvalue weighted by molar-refractivity contribution is 6.34. The van der Waals surface area contributed by atoms with E-state index in [0.29, 0.717) is 22.9 Å². The average molecular weight is 438 g/mol. The van der Waals surface area contributed by atoms with Crippen LogP contribution >= 0.6 is 11.6 Å². The number of amides is 1. The minimum Gasteiger partial charge on any atom is -0.491 e. The zero-order valence-electron chi connectivity index (χ0n) is 17.4. The lowest BCUT2D eigenvalue weighted by Crippen LogP contribution is -2.23. The van der Waals surface area contributed by atoms with E-state index in [1.54, 1.807) is 24.3 Å².